The summed E-state index contributed by atoms with van der Waals surface area (Å²) in [6.07, 6.45) is 80.1. The molecule has 5 unspecified atom stereocenters. The standard InChI is InChI=1S/C81H136O17P2/c1-5-9-13-17-21-25-29-33-35-36-37-38-40-43-46-50-54-58-62-66-79(84)92-72-77(98-81(86)68-64-60-56-52-48-44-39-34-30-26-22-18-14-10-6-2)74-96-100(89,90)94-70-75(82)69-93-99(87,88)95-73-76(97-80(85)67-63-59-55-51-47-42-32-28-24-20-16-12-8-4)71-91-78(83)65-61-57-53-49-45-41-31-27-23-19-15-11-7-3/h9,13,15-16,19-22,25-28,31-35,37-39,43,46,75-77,82H,5-8,10-12,14,17-18,23-24,29-30,36,40-42,44-45,47-74H2,1-4H3,(H,87,88)(H,89,90)/b13-9-,19-15-,20-16-,25-21-,26-22-,31-27-,32-28-,35-33-,38-37-,39-34-,46-43-. The molecular formula is C81H136O17P2. The number of esters is 4. The second-order valence-electron chi connectivity index (χ2n) is 25.2. The molecule has 100 heavy (non-hydrogen) atoms. The molecule has 0 aliphatic rings. The van der Waals surface area contributed by atoms with Gasteiger partial charge in [-0.25, -0.2) is 9.13 Å². The highest BCUT2D eigenvalue weighted by atomic mass is 31.2. The Bertz CT molecular complexity index is 2420. The first-order chi connectivity index (χ1) is 48.7. The molecule has 0 aromatic carbocycles. The van der Waals surface area contributed by atoms with Crippen molar-refractivity contribution in [3.05, 3.63) is 134 Å². The zero-order valence-corrected chi connectivity index (χ0v) is 64.1. The number of allylic oxidation sites excluding steroid dienone is 22. The summed E-state index contributed by atoms with van der Waals surface area (Å²) in [5, 5.41) is 10.6. The normalized spacial score (nSPS) is 14.7. The molecule has 0 amide bonds. The Kier molecular flexibility index (Phi) is 69.1. The van der Waals surface area contributed by atoms with Crippen molar-refractivity contribution in [2.75, 3.05) is 39.6 Å². The minimum atomic E-state index is -4.99. The van der Waals surface area contributed by atoms with E-state index in [-0.39, 0.29) is 25.7 Å². The molecule has 5 atom stereocenters. The van der Waals surface area contributed by atoms with Gasteiger partial charge in [0.2, 0.25) is 0 Å². The first-order valence-corrected chi connectivity index (χ1v) is 41.4. The third kappa shape index (κ3) is 71.6. The minimum absolute atomic E-state index is 0.0675. The summed E-state index contributed by atoms with van der Waals surface area (Å²) >= 11 is 0. The Hall–Kier alpha value is -4.80. The van der Waals surface area contributed by atoms with Crippen LogP contribution in [0.25, 0.3) is 0 Å². The van der Waals surface area contributed by atoms with Crippen molar-refractivity contribution >= 4 is 39.5 Å². The van der Waals surface area contributed by atoms with Gasteiger partial charge in [-0.05, 0) is 154 Å². The molecule has 0 aliphatic heterocycles. The van der Waals surface area contributed by atoms with Crippen molar-refractivity contribution < 1.29 is 80.2 Å². The number of carbonyl (C=O) groups is 4. The molecule has 19 heteroatoms. The van der Waals surface area contributed by atoms with Crippen LogP contribution in [0, 0.1) is 0 Å². The SMILES string of the molecule is CC/C=C\C/C=C\C/C=C\C/C=C\C/C=C\CCCCCC(=O)OCC(COP(=O)(O)OCC(O)COP(=O)(O)OCC(COC(=O)CCCCCCC/C=C\C/C=C\CCC)OC(=O)CCCCCCC/C=C\C/C=C\CCC)OC(=O)CCCCCCC/C=C\C/C=C\CCCCC. The first kappa shape index (κ1) is 95.2. The second kappa shape index (κ2) is 72.5. The molecule has 3 N–H and O–H groups in total. The lowest BCUT2D eigenvalue weighted by molar-refractivity contribution is -0.161. The van der Waals surface area contributed by atoms with Crippen LogP contribution >= 0.6 is 15.6 Å². The number of phosphoric acid groups is 2. The Labute approximate surface area is 605 Å². The van der Waals surface area contributed by atoms with Crippen molar-refractivity contribution in [1.82, 2.24) is 0 Å². The Balaban J connectivity index is 5.41. The maximum Gasteiger partial charge on any atom is 0.472 e. The van der Waals surface area contributed by atoms with Crippen LogP contribution in [0.3, 0.4) is 0 Å². The number of aliphatic hydroxyl groups excluding tert-OH is 1. The molecule has 17 nitrogen and oxygen atoms in total. The maximum atomic E-state index is 13.1. The van der Waals surface area contributed by atoms with Crippen LogP contribution in [0.15, 0.2) is 134 Å². The molecule has 0 spiro atoms. The van der Waals surface area contributed by atoms with Crippen LogP contribution in [-0.4, -0.2) is 96.7 Å². The average molecular weight is 1440 g/mol. The van der Waals surface area contributed by atoms with Crippen molar-refractivity contribution in [3.8, 4) is 0 Å². The molecule has 0 saturated carbocycles. The summed E-state index contributed by atoms with van der Waals surface area (Å²) in [5.74, 6) is -2.26. The summed E-state index contributed by atoms with van der Waals surface area (Å²) in [7, 11) is -9.98. The predicted octanol–water partition coefficient (Wildman–Crippen LogP) is 22.1. The van der Waals surface area contributed by atoms with Crippen molar-refractivity contribution in [3.63, 3.8) is 0 Å². The highest BCUT2D eigenvalue weighted by Crippen LogP contribution is 2.45. The number of phosphoric ester groups is 2. The van der Waals surface area contributed by atoms with Gasteiger partial charge in [-0.1, -0.05) is 251 Å². The minimum Gasteiger partial charge on any atom is -0.462 e. The van der Waals surface area contributed by atoms with E-state index in [4.69, 9.17) is 37.0 Å². The molecule has 0 radical (unpaired) electrons. The number of aliphatic hydroxyl groups is 1. The Morgan fingerprint density at radius 3 is 0.850 bits per heavy atom. The fourth-order valence-electron chi connectivity index (χ4n) is 9.70. The second-order valence-corrected chi connectivity index (χ2v) is 28.1. The van der Waals surface area contributed by atoms with Gasteiger partial charge in [-0.2, -0.15) is 0 Å². The van der Waals surface area contributed by atoms with E-state index in [0.717, 1.165) is 199 Å². The fourth-order valence-corrected chi connectivity index (χ4v) is 11.3. The van der Waals surface area contributed by atoms with Gasteiger partial charge in [-0.15, -0.1) is 0 Å². The van der Waals surface area contributed by atoms with Crippen LogP contribution in [0.4, 0.5) is 0 Å². The lowest BCUT2D eigenvalue weighted by atomic mass is 10.1. The molecule has 0 bridgehead atoms. The largest absolute Gasteiger partial charge is 0.472 e. The van der Waals surface area contributed by atoms with E-state index in [1.807, 2.05) is 0 Å². The van der Waals surface area contributed by atoms with E-state index in [1.165, 1.54) is 19.3 Å². The van der Waals surface area contributed by atoms with Crippen LogP contribution in [0.1, 0.15) is 297 Å². The molecule has 0 rings (SSSR count). The topological polar surface area (TPSA) is 237 Å². The van der Waals surface area contributed by atoms with Crippen LogP contribution in [0.2, 0.25) is 0 Å². The van der Waals surface area contributed by atoms with Gasteiger partial charge in [-0.3, -0.25) is 37.3 Å². The van der Waals surface area contributed by atoms with Gasteiger partial charge in [0, 0.05) is 25.7 Å². The van der Waals surface area contributed by atoms with Crippen LogP contribution in [-0.2, 0) is 65.4 Å². The Morgan fingerprint density at radius 2 is 0.540 bits per heavy atom. The van der Waals surface area contributed by atoms with E-state index in [0.29, 0.717) is 25.7 Å². The molecule has 0 heterocycles. The van der Waals surface area contributed by atoms with E-state index in [2.05, 4.69) is 161 Å². The number of rotatable bonds is 71. The summed E-state index contributed by atoms with van der Waals surface area (Å²) < 4.78 is 68.4. The van der Waals surface area contributed by atoms with E-state index in [1.54, 1.807) is 0 Å². The molecule has 0 aromatic heterocycles. The average Bonchev–Trinajstić information content (AvgIpc) is 0.946. The quantitative estimate of drug-likeness (QED) is 0.0169. The van der Waals surface area contributed by atoms with Crippen molar-refractivity contribution in [1.29, 1.82) is 0 Å². The monoisotopic (exact) mass is 1440 g/mol. The van der Waals surface area contributed by atoms with Crippen LogP contribution < -0.4 is 0 Å². The number of hydrogen-bond acceptors (Lipinski definition) is 15. The maximum absolute atomic E-state index is 13.1. The van der Waals surface area contributed by atoms with Gasteiger partial charge < -0.3 is 33.8 Å². The number of unbranched alkanes of at least 4 members (excludes halogenated alkanes) is 23. The highest BCUT2D eigenvalue weighted by molar-refractivity contribution is 7.47. The third-order valence-electron chi connectivity index (χ3n) is 15.5. The zero-order valence-electron chi connectivity index (χ0n) is 62.3. The molecule has 0 aromatic rings. The van der Waals surface area contributed by atoms with Gasteiger partial charge in [0.25, 0.3) is 0 Å². The molecule has 572 valence electrons. The highest BCUT2D eigenvalue weighted by Gasteiger charge is 2.30. The van der Waals surface area contributed by atoms with Gasteiger partial charge in [0.05, 0.1) is 26.4 Å². The van der Waals surface area contributed by atoms with E-state index >= 15 is 0 Å². The molecular weight excluding hydrogens is 1310 g/mol. The number of hydrogen-bond donors (Lipinski definition) is 3. The predicted molar refractivity (Wildman–Crippen MR) is 408 cm³/mol. The molecule has 0 fully saturated rings. The third-order valence-corrected chi connectivity index (χ3v) is 17.4. The lowest BCUT2D eigenvalue weighted by Gasteiger charge is -2.21. The van der Waals surface area contributed by atoms with Gasteiger partial charge >= 0.3 is 39.5 Å². The van der Waals surface area contributed by atoms with E-state index in [9.17, 15) is 43.2 Å². The Morgan fingerprint density at radius 1 is 0.290 bits per heavy atom. The lowest BCUT2D eigenvalue weighted by Crippen LogP contribution is -2.30. The van der Waals surface area contributed by atoms with Crippen molar-refractivity contribution in [2.24, 2.45) is 0 Å². The van der Waals surface area contributed by atoms with Gasteiger partial charge in [0.1, 0.15) is 19.3 Å². The molecule has 0 aliphatic carbocycles. The number of ether oxygens (including phenoxy) is 4. The summed E-state index contributed by atoms with van der Waals surface area (Å²) in [6, 6.07) is 0. The van der Waals surface area contributed by atoms with Gasteiger partial charge in [0.15, 0.2) is 12.2 Å². The summed E-state index contributed by atoms with van der Waals surface area (Å²) in [4.78, 5) is 72.9. The fraction of sp³-hybridized carbons (Fsp3) is 0.679. The molecule has 0 saturated heterocycles. The van der Waals surface area contributed by atoms with E-state index < -0.39 is 97.5 Å². The van der Waals surface area contributed by atoms with Crippen LogP contribution in [0.5, 0.6) is 0 Å². The number of carbonyl (C=O) groups excluding carboxylic acids is 4. The smallest absolute Gasteiger partial charge is 0.462 e. The summed E-state index contributed by atoms with van der Waals surface area (Å²) in [6.45, 7) is 4.51. The zero-order chi connectivity index (χ0) is 73.2. The summed E-state index contributed by atoms with van der Waals surface area (Å²) in [5.41, 5.74) is 0. The first-order valence-electron chi connectivity index (χ1n) is 38.4. The van der Waals surface area contributed by atoms with Crippen molar-refractivity contribution in [2.45, 2.75) is 316 Å².